The number of nitrogens with one attached hydrogen (secondary N) is 1. The fourth-order valence-corrected chi connectivity index (χ4v) is 6.14. The van der Waals surface area contributed by atoms with Crippen molar-refractivity contribution in [2.75, 3.05) is 6.54 Å². The van der Waals surface area contributed by atoms with Gasteiger partial charge in [0.05, 0.1) is 12.6 Å². The van der Waals surface area contributed by atoms with Crippen LogP contribution in [0, 0.1) is 0 Å². The van der Waals surface area contributed by atoms with Crippen molar-refractivity contribution < 1.29 is 9.59 Å². The van der Waals surface area contributed by atoms with E-state index >= 15 is 0 Å². The highest BCUT2D eigenvalue weighted by Crippen LogP contribution is 2.41. The van der Waals surface area contributed by atoms with E-state index in [-0.39, 0.29) is 24.4 Å². The molecule has 33 heavy (non-hydrogen) atoms. The second-order valence-corrected chi connectivity index (χ2v) is 9.93. The van der Waals surface area contributed by atoms with Gasteiger partial charge in [-0.1, -0.05) is 54.6 Å². The maximum atomic E-state index is 13.6. The molecule has 4 aromatic rings. The van der Waals surface area contributed by atoms with E-state index in [0.29, 0.717) is 13.0 Å². The second kappa shape index (κ2) is 8.19. The second-order valence-electron chi connectivity index (χ2n) is 8.90. The number of nitrogens with zero attached hydrogens (tertiary/aromatic N) is 2. The first-order valence-electron chi connectivity index (χ1n) is 11.4. The van der Waals surface area contributed by atoms with E-state index in [4.69, 9.17) is 0 Å². The molecule has 6 rings (SSSR count). The number of aryl methyl sites for hydroxylation is 1. The zero-order valence-electron chi connectivity index (χ0n) is 18.2. The molecule has 0 radical (unpaired) electrons. The molecule has 5 nitrogen and oxygen atoms in total. The van der Waals surface area contributed by atoms with Gasteiger partial charge in [0.2, 0.25) is 11.8 Å². The van der Waals surface area contributed by atoms with Crippen molar-refractivity contribution in [1.82, 2.24) is 14.8 Å². The van der Waals surface area contributed by atoms with Crippen molar-refractivity contribution >= 4 is 34.1 Å². The highest BCUT2D eigenvalue weighted by atomic mass is 32.1. The number of H-pyrrole nitrogens is 1. The van der Waals surface area contributed by atoms with Gasteiger partial charge < -0.3 is 14.8 Å². The Kier molecular flexibility index (Phi) is 5.03. The Morgan fingerprint density at radius 3 is 2.61 bits per heavy atom. The Bertz CT molecular complexity index is 1310. The summed E-state index contributed by atoms with van der Waals surface area (Å²) in [5.74, 6) is 0.0992. The standard InChI is InChI=1S/C27H25N3O2S/c31-25-17-29(16-19-9-6-14-33-19)27(32)24-15-21-20-10-4-5-11-22(20)28-26(21)23(30(24)25)13-12-18-7-2-1-3-8-18/h1-11,14,23-24,28H,12-13,15-17H2/t23-,24+/m1/s1. The Hall–Kier alpha value is -3.38. The maximum Gasteiger partial charge on any atom is 0.246 e. The molecule has 0 unspecified atom stereocenters. The Morgan fingerprint density at radius 1 is 0.970 bits per heavy atom. The Balaban J connectivity index is 1.38. The number of fused-ring (bicyclic) bond motifs is 4. The van der Waals surface area contributed by atoms with Gasteiger partial charge in [-0.25, -0.2) is 0 Å². The Morgan fingerprint density at radius 2 is 1.79 bits per heavy atom. The molecule has 6 heteroatoms. The van der Waals surface area contributed by atoms with Gasteiger partial charge in [0.15, 0.2) is 0 Å². The van der Waals surface area contributed by atoms with Crippen molar-refractivity contribution in [3.05, 3.63) is 93.8 Å². The van der Waals surface area contributed by atoms with E-state index < -0.39 is 6.04 Å². The Labute approximate surface area is 196 Å². The average Bonchev–Trinajstić information content (AvgIpc) is 3.48. The van der Waals surface area contributed by atoms with Crippen LogP contribution in [0.25, 0.3) is 10.9 Å². The summed E-state index contributed by atoms with van der Waals surface area (Å²) in [4.78, 5) is 35.5. The van der Waals surface area contributed by atoms with Crippen LogP contribution in [0.5, 0.6) is 0 Å². The smallest absolute Gasteiger partial charge is 0.246 e. The van der Waals surface area contributed by atoms with Crippen LogP contribution < -0.4 is 0 Å². The summed E-state index contributed by atoms with van der Waals surface area (Å²) in [6.45, 7) is 0.645. The molecule has 2 aliphatic rings. The van der Waals surface area contributed by atoms with Crippen molar-refractivity contribution in [2.45, 2.75) is 37.9 Å². The maximum absolute atomic E-state index is 13.6. The first kappa shape index (κ1) is 20.2. The minimum Gasteiger partial charge on any atom is -0.356 e. The van der Waals surface area contributed by atoms with Crippen molar-refractivity contribution in [1.29, 1.82) is 0 Å². The van der Waals surface area contributed by atoms with Gasteiger partial charge >= 0.3 is 0 Å². The van der Waals surface area contributed by atoms with Gasteiger partial charge in [0, 0.05) is 27.9 Å². The number of benzene rings is 2. The minimum absolute atomic E-state index is 0.0403. The molecule has 166 valence electrons. The number of thiophene rings is 1. The fourth-order valence-electron chi connectivity index (χ4n) is 5.42. The topological polar surface area (TPSA) is 56.4 Å². The SMILES string of the molecule is O=C1[C@@H]2Cc3c([nH]c4ccccc34)[C@@H](CCc3ccccc3)N2C(=O)CN1Cc1cccs1. The van der Waals surface area contributed by atoms with Crippen LogP contribution in [0.1, 0.15) is 34.2 Å². The number of hydrogen-bond donors (Lipinski definition) is 1. The number of aromatic nitrogens is 1. The number of rotatable bonds is 5. The molecule has 2 atom stereocenters. The molecule has 1 fully saturated rings. The molecule has 2 aliphatic heterocycles. The van der Waals surface area contributed by atoms with Gasteiger partial charge in [-0.2, -0.15) is 0 Å². The van der Waals surface area contributed by atoms with E-state index in [1.54, 1.807) is 16.2 Å². The first-order chi connectivity index (χ1) is 16.2. The third kappa shape index (κ3) is 3.55. The fraction of sp³-hybridized carbons (Fsp3) is 0.259. The van der Waals surface area contributed by atoms with Crippen molar-refractivity contribution in [2.24, 2.45) is 0 Å². The van der Waals surface area contributed by atoms with Gasteiger partial charge in [-0.15, -0.1) is 11.3 Å². The molecule has 4 heterocycles. The number of para-hydroxylation sites is 1. The highest BCUT2D eigenvalue weighted by Gasteiger charge is 2.47. The third-order valence-electron chi connectivity index (χ3n) is 6.94. The first-order valence-corrected chi connectivity index (χ1v) is 12.3. The van der Waals surface area contributed by atoms with Crippen LogP contribution in [0.15, 0.2) is 72.1 Å². The molecule has 1 N–H and O–H groups in total. The van der Waals surface area contributed by atoms with E-state index in [2.05, 4.69) is 29.2 Å². The average molecular weight is 456 g/mol. The summed E-state index contributed by atoms with van der Waals surface area (Å²) < 4.78 is 0. The van der Waals surface area contributed by atoms with Crippen LogP contribution in [0.4, 0.5) is 0 Å². The van der Waals surface area contributed by atoms with Crippen LogP contribution in [0.3, 0.4) is 0 Å². The lowest BCUT2D eigenvalue weighted by molar-refractivity contribution is -0.160. The van der Waals surface area contributed by atoms with Crippen LogP contribution in [-0.4, -0.2) is 39.2 Å². The van der Waals surface area contributed by atoms with E-state index in [1.165, 1.54) is 11.1 Å². The quantitative estimate of drug-likeness (QED) is 0.474. The lowest BCUT2D eigenvalue weighted by atomic mass is 9.87. The summed E-state index contributed by atoms with van der Waals surface area (Å²) in [5.41, 5.74) is 4.59. The summed E-state index contributed by atoms with van der Waals surface area (Å²) in [7, 11) is 0. The summed E-state index contributed by atoms with van der Waals surface area (Å²) in [6, 6.07) is 22.1. The predicted octanol–water partition coefficient (Wildman–Crippen LogP) is 4.70. The molecule has 0 saturated carbocycles. The van der Waals surface area contributed by atoms with Crippen LogP contribution in [-0.2, 0) is 29.0 Å². The van der Waals surface area contributed by atoms with Crippen LogP contribution in [0.2, 0.25) is 0 Å². The van der Waals surface area contributed by atoms with Gasteiger partial charge in [-0.3, -0.25) is 9.59 Å². The number of amides is 2. The zero-order chi connectivity index (χ0) is 22.4. The molecular formula is C27H25N3O2S. The molecule has 0 aliphatic carbocycles. The summed E-state index contributed by atoms with van der Waals surface area (Å²) >= 11 is 1.62. The number of aromatic amines is 1. The lowest BCUT2D eigenvalue weighted by Gasteiger charge is -2.47. The minimum atomic E-state index is -0.446. The molecule has 0 bridgehead atoms. The summed E-state index contributed by atoms with van der Waals surface area (Å²) in [6.07, 6.45) is 2.20. The summed E-state index contributed by atoms with van der Waals surface area (Å²) in [5, 5.41) is 3.17. The lowest BCUT2D eigenvalue weighted by Crippen LogP contribution is -2.62. The van der Waals surface area contributed by atoms with Gasteiger partial charge in [-0.05, 0) is 41.5 Å². The monoisotopic (exact) mass is 455 g/mol. The molecule has 0 spiro atoms. The van der Waals surface area contributed by atoms with Crippen molar-refractivity contribution in [3.63, 3.8) is 0 Å². The van der Waals surface area contributed by atoms with Crippen LogP contribution >= 0.6 is 11.3 Å². The molecular weight excluding hydrogens is 430 g/mol. The largest absolute Gasteiger partial charge is 0.356 e. The van der Waals surface area contributed by atoms with E-state index in [0.717, 1.165) is 34.3 Å². The molecule has 2 aromatic carbocycles. The van der Waals surface area contributed by atoms with E-state index in [9.17, 15) is 9.59 Å². The number of carbonyl (C=O) groups excluding carboxylic acids is 2. The van der Waals surface area contributed by atoms with Gasteiger partial charge in [0.1, 0.15) is 12.6 Å². The molecule has 2 aromatic heterocycles. The zero-order valence-corrected chi connectivity index (χ0v) is 19.1. The predicted molar refractivity (Wildman–Crippen MR) is 130 cm³/mol. The number of piperazine rings is 1. The number of carbonyl (C=O) groups is 2. The van der Waals surface area contributed by atoms with Gasteiger partial charge in [0.25, 0.3) is 0 Å². The normalized spacial score (nSPS) is 20.2. The van der Waals surface area contributed by atoms with E-state index in [1.807, 2.05) is 52.7 Å². The third-order valence-corrected chi connectivity index (χ3v) is 7.80. The molecule has 1 saturated heterocycles. The van der Waals surface area contributed by atoms with Crippen molar-refractivity contribution in [3.8, 4) is 0 Å². The molecule has 2 amide bonds. The highest BCUT2D eigenvalue weighted by molar-refractivity contribution is 7.09. The number of hydrogen-bond acceptors (Lipinski definition) is 3.